The fourth-order valence-corrected chi connectivity index (χ4v) is 2.79. The van der Waals surface area contributed by atoms with Crippen LogP contribution in [0.2, 0.25) is 0 Å². The molecule has 0 spiro atoms. The molecule has 0 bridgehead atoms. The minimum atomic E-state index is 1.08. The molecule has 0 saturated heterocycles. The van der Waals surface area contributed by atoms with Gasteiger partial charge in [-0.05, 0) is 60.1 Å². The number of hydrogen-bond donors (Lipinski definition) is 0. The average Bonchev–Trinajstić information content (AvgIpc) is 2.98. The van der Waals surface area contributed by atoms with Gasteiger partial charge in [0.1, 0.15) is 0 Å². The zero-order chi connectivity index (χ0) is 12.5. The number of hydrogen-bond acceptors (Lipinski definition) is 0. The van der Waals surface area contributed by atoms with Gasteiger partial charge in [-0.2, -0.15) is 0 Å². The van der Waals surface area contributed by atoms with Gasteiger partial charge in [0.2, 0.25) is 0 Å². The monoisotopic (exact) mass is 234 g/mol. The topological polar surface area (TPSA) is 0 Å². The summed E-state index contributed by atoms with van der Waals surface area (Å²) in [5.74, 6) is 0. The first-order chi connectivity index (χ1) is 8.75. The van der Waals surface area contributed by atoms with E-state index in [0.29, 0.717) is 0 Å². The van der Waals surface area contributed by atoms with Crippen molar-refractivity contribution in [1.29, 1.82) is 0 Å². The largest absolute Gasteiger partial charge is 0.0798 e. The van der Waals surface area contributed by atoms with Crippen molar-refractivity contribution in [3.8, 4) is 0 Å². The summed E-state index contributed by atoms with van der Waals surface area (Å²) in [6, 6.07) is 9.05. The van der Waals surface area contributed by atoms with Crippen LogP contribution < -0.4 is 0 Å². The van der Waals surface area contributed by atoms with Crippen LogP contribution in [0.25, 0.3) is 11.1 Å². The highest BCUT2D eigenvalue weighted by Gasteiger charge is 2.10. The molecule has 0 atom stereocenters. The Morgan fingerprint density at radius 3 is 1.33 bits per heavy atom. The van der Waals surface area contributed by atoms with Gasteiger partial charge in [0.15, 0.2) is 0 Å². The maximum atomic E-state index is 2.26. The molecule has 18 heavy (non-hydrogen) atoms. The zero-order valence-electron chi connectivity index (χ0n) is 11.0. The molecular weight excluding hydrogens is 216 g/mol. The van der Waals surface area contributed by atoms with E-state index in [1.54, 1.807) is 0 Å². The first-order valence-electron chi connectivity index (χ1n) is 6.59. The Morgan fingerprint density at radius 1 is 0.667 bits per heavy atom. The highest BCUT2D eigenvalue weighted by molar-refractivity contribution is 5.78. The van der Waals surface area contributed by atoms with Gasteiger partial charge >= 0.3 is 0 Å². The predicted molar refractivity (Wildman–Crippen MR) is 79.1 cm³/mol. The maximum Gasteiger partial charge on any atom is -0.00857 e. The molecule has 0 amide bonds. The third-order valence-corrected chi connectivity index (χ3v) is 3.91. The summed E-state index contributed by atoms with van der Waals surface area (Å²) < 4.78 is 0. The Bertz CT molecular complexity index is 534. The molecule has 3 rings (SSSR count). The molecule has 90 valence electrons. The van der Waals surface area contributed by atoms with Crippen LogP contribution in [0, 0.1) is 0 Å². The van der Waals surface area contributed by atoms with Gasteiger partial charge in [0, 0.05) is 0 Å². The Morgan fingerprint density at radius 2 is 1.06 bits per heavy atom. The molecule has 1 aromatic carbocycles. The lowest BCUT2D eigenvalue weighted by molar-refractivity contribution is 1.38. The molecule has 1 aromatic rings. The molecule has 0 heterocycles. The lowest BCUT2D eigenvalue weighted by Gasteiger charge is -2.08. The van der Waals surface area contributed by atoms with Crippen LogP contribution >= 0.6 is 0 Å². The van der Waals surface area contributed by atoms with Crippen molar-refractivity contribution in [2.45, 2.75) is 26.7 Å². The highest BCUT2D eigenvalue weighted by Crippen LogP contribution is 2.32. The third-order valence-electron chi connectivity index (χ3n) is 3.91. The SMILES string of the molecule is CC1=C(c2ccc(C3=C(C)C=CC3)cc2)CC=C1. The van der Waals surface area contributed by atoms with Crippen LogP contribution in [0.15, 0.2) is 59.7 Å². The van der Waals surface area contributed by atoms with Crippen molar-refractivity contribution in [3.63, 3.8) is 0 Å². The van der Waals surface area contributed by atoms with Gasteiger partial charge in [-0.25, -0.2) is 0 Å². The minimum absolute atomic E-state index is 1.08. The Balaban J connectivity index is 1.91. The van der Waals surface area contributed by atoms with Crippen LogP contribution in [0.4, 0.5) is 0 Å². The van der Waals surface area contributed by atoms with Crippen molar-refractivity contribution in [2.75, 3.05) is 0 Å². The fourth-order valence-electron chi connectivity index (χ4n) is 2.79. The first-order valence-corrected chi connectivity index (χ1v) is 6.59. The molecule has 0 aliphatic heterocycles. The lowest BCUT2D eigenvalue weighted by atomic mass is 9.96. The van der Waals surface area contributed by atoms with E-state index >= 15 is 0 Å². The van der Waals surface area contributed by atoms with Gasteiger partial charge < -0.3 is 0 Å². The molecule has 0 saturated carbocycles. The second-order valence-corrected chi connectivity index (χ2v) is 5.11. The van der Waals surface area contributed by atoms with Crippen molar-refractivity contribution in [2.24, 2.45) is 0 Å². The molecule has 0 aromatic heterocycles. The van der Waals surface area contributed by atoms with Crippen LogP contribution in [0.5, 0.6) is 0 Å². The molecule has 0 radical (unpaired) electrons. The van der Waals surface area contributed by atoms with Gasteiger partial charge in [0.05, 0.1) is 0 Å². The smallest absolute Gasteiger partial charge is 0.00857 e. The molecule has 0 heteroatoms. The Kier molecular flexibility index (Phi) is 2.79. The number of rotatable bonds is 2. The van der Waals surface area contributed by atoms with E-state index in [-0.39, 0.29) is 0 Å². The summed E-state index contributed by atoms with van der Waals surface area (Å²) in [4.78, 5) is 0. The van der Waals surface area contributed by atoms with Crippen LogP contribution in [0.3, 0.4) is 0 Å². The summed E-state index contributed by atoms with van der Waals surface area (Å²) in [6.07, 6.45) is 11.1. The quantitative estimate of drug-likeness (QED) is 0.663. The third kappa shape index (κ3) is 1.88. The van der Waals surface area contributed by atoms with Crippen molar-refractivity contribution in [1.82, 2.24) is 0 Å². The second-order valence-electron chi connectivity index (χ2n) is 5.11. The number of benzene rings is 1. The first kappa shape index (κ1) is 11.3. The average molecular weight is 234 g/mol. The molecule has 0 nitrogen and oxygen atoms in total. The van der Waals surface area contributed by atoms with Gasteiger partial charge in [0.25, 0.3) is 0 Å². The molecule has 0 unspecified atom stereocenters. The second kappa shape index (κ2) is 4.45. The molecule has 2 aliphatic rings. The van der Waals surface area contributed by atoms with Crippen molar-refractivity contribution in [3.05, 3.63) is 70.8 Å². The van der Waals surface area contributed by atoms with E-state index in [0.717, 1.165) is 12.8 Å². The Hall–Kier alpha value is -1.82. The van der Waals surface area contributed by atoms with Gasteiger partial charge in [-0.15, -0.1) is 0 Å². The van der Waals surface area contributed by atoms with Crippen LogP contribution in [-0.4, -0.2) is 0 Å². The van der Waals surface area contributed by atoms with E-state index in [4.69, 9.17) is 0 Å². The van der Waals surface area contributed by atoms with E-state index < -0.39 is 0 Å². The summed E-state index contributed by atoms with van der Waals surface area (Å²) in [5, 5.41) is 0. The van der Waals surface area contributed by atoms with Crippen LogP contribution in [-0.2, 0) is 0 Å². The standard InChI is InChI=1S/C18H18/c1-13-5-3-7-17(13)15-9-11-16(12-10-15)18-8-4-6-14(18)2/h3-6,9-12H,7-8H2,1-2H3. The predicted octanol–water partition coefficient (Wildman–Crippen LogP) is 5.15. The molecule has 2 aliphatic carbocycles. The van der Waals surface area contributed by atoms with E-state index in [1.807, 2.05) is 0 Å². The summed E-state index contributed by atoms with van der Waals surface area (Å²) in [5.41, 5.74) is 8.48. The van der Waals surface area contributed by atoms with E-state index in [1.165, 1.54) is 33.4 Å². The maximum absolute atomic E-state index is 2.26. The van der Waals surface area contributed by atoms with E-state index in [2.05, 4.69) is 62.4 Å². The summed E-state index contributed by atoms with van der Waals surface area (Å²) in [7, 11) is 0. The zero-order valence-corrected chi connectivity index (χ0v) is 11.0. The van der Waals surface area contributed by atoms with Crippen molar-refractivity contribution >= 4 is 11.1 Å². The molecular formula is C18H18. The summed E-state index contributed by atoms with van der Waals surface area (Å²) >= 11 is 0. The Labute approximate surface area is 109 Å². The normalized spacial score (nSPS) is 18.3. The van der Waals surface area contributed by atoms with Gasteiger partial charge in [-0.3, -0.25) is 0 Å². The summed E-state index contributed by atoms with van der Waals surface area (Å²) in [6.45, 7) is 4.39. The molecule has 0 N–H and O–H groups in total. The van der Waals surface area contributed by atoms with Crippen molar-refractivity contribution < 1.29 is 0 Å². The van der Waals surface area contributed by atoms with Gasteiger partial charge in [-0.1, -0.05) is 48.6 Å². The number of allylic oxidation sites excluding steroid dienone is 8. The van der Waals surface area contributed by atoms with Crippen LogP contribution in [0.1, 0.15) is 37.8 Å². The highest BCUT2D eigenvalue weighted by atomic mass is 14.2. The molecule has 0 fully saturated rings. The fraction of sp³-hybridized carbons (Fsp3) is 0.222. The lowest BCUT2D eigenvalue weighted by Crippen LogP contribution is -1.87. The van der Waals surface area contributed by atoms with E-state index in [9.17, 15) is 0 Å². The minimum Gasteiger partial charge on any atom is -0.0798 e.